The quantitative estimate of drug-likeness (QED) is 0.892. The molecule has 0 radical (unpaired) electrons. The van der Waals surface area contributed by atoms with Crippen LogP contribution in [0, 0.1) is 5.82 Å². The van der Waals surface area contributed by atoms with Gasteiger partial charge in [-0.15, -0.1) is 0 Å². The molecule has 2 aromatic carbocycles. The summed E-state index contributed by atoms with van der Waals surface area (Å²) in [6.07, 6.45) is 0. The van der Waals surface area contributed by atoms with Gasteiger partial charge in [0.05, 0.1) is 5.69 Å². The van der Waals surface area contributed by atoms with Gasteiger partial charge in [0.2, 0.25) is 5.91 Å². The minimum atomic E-state index is -0.408. The van der Waals surface area contributed by atoms with Crippen molar-refractivity contribution in [2.75, 3.05) is 10.6 Å². The number of rotatable bonds is 4. The highest BCUT2D eigenvalue weighted by Gasteiger charge is 2.06. The highest BCUT2D eigenvalue weighted by Crippen LogP contribution is 2.21. The normalized spacial score (nSPS) is 10.2. The molecule has 104 valence electrons. The van der Waals surface area contributed by atoms with Gasteiger partial charge in [0, 0.05) is 24.2 Å². The summed E-state index contributed by atoms with van der Waals surface area (Å²) in [6, 6.07) is 11.8. The van der Waals surface area contributed by atoms with E-state index >= 15 is 0 Å². The Kier molecular flexibility index (Phi) is 4.58. The van der Waals surface area contributed by atoms with Crippen LogP contribution < -0.4 is 10.6 Å². The van der Waals surface area contributed by atoms with Crippen molar-refractivity contribution < 1.29 is 9.18 Å². The number of nitrogens with one attached hydrogen (secondary N) is 2. The van der Waals surface area contributed by atoms with Gasteiger partial charge in [0.15, 0.2) is 0 Å². The Morgan fingerprint density at radius 1 is 1.20 bits per heavy atom. The molecule has 0 fully saturated rings. The Morgan fingerprint density at radius 2 is 1.95 bits per heavy atom. The van der Waals surface area contributed by atoms with Crippen LogP contribution >= 0.6 is 11.6 Å². The van der Waals surface area contributed by atoms with Crippen molar-refractivity contribution in [3.8, 4) is 0 Å². The SMILES string of the molecule is CC(=O)Nc1ccccc1CNc1ccc(Cl)cc1F. The second-order valence-electron chi connectivity index (χ2n) is 4.32. The predicted molar refractivity (Wildman–Crippen MR) is 79.5 cm³/mol. The first kappa shape index (κ1) is 14.3. The minimum absolute atomic E-state index is 0.143. The average Bonchev–Trinajstić information content (AvgIpc) is 2.39. The van der Waals surface area contributed by atoms with Crippen LogP contribution in [0.1, 0.15) is 12.5 Å². The van der Waals surface area contributed by atoms with E-state index < -0.39 is 5.82 Å². The Labute approximate surface area is 121 Å². The van der Waals surface area contributed by atoms with Crippen LogP contribution in [0.25, 0.3) is 0 Å². The molecule has 5 heteroatoms. The van der Waals surface area contributed by atoms with Crippen LogP contribution in [-0.2, 0) is 11.3 Å². The van der Waals surface area contributed by atoms with Crippen LogP contribution in [0.4, 0.5) is 15.8 Å². The van der Waals surface area contributed by atoms with E-state index in [1.54, 1.807) is 18.2 Å². The van der Waals surface area contributed by atoms with E-state index in [-0.39, 0.29) is 5.91 Å². The smallest absolute Gasteiger partial charge is 0.221 e. The second-order valence-corrected chi connectivity index (χ2v) is 4.75. The maximum Gasteiger partial charge on any atom is 0.221 e. The molecule has 0 heterocycles. The van der Waals surface area contributed by atoms with Gasteiger partial charge in [-0.3, -0.25) is 4.79 Å². The lowest BCUT2D eigenvalue weighted by Crippen LogP contribution is -2.10. The number of anilines is 2. The number of carbonyl (C=O) groups excluding carboxylic acids is 1. The molecule has 0 spiro atoms. The fourth-order valence-corrected chi connectivity index (χ4v) is 1.97. The molecule has 0 unspecified atom stereocenters. The van der Waals surface area contributed by atoms with Crippen LogP contribution in [-0.4, -0.2) is 5.91 Å². The molecule has 0 saturated carbocycles. The summed E-state index contributed by atoms with van der Waals surface area (Å²) in [7, 11) is 0. The molecular weight excluding hydrogens is 279 g/mol. The summed E-state index contributed by atoms with van der Waals surface area (Å²) in [5.41, 5.74) is 1.95. The van der Waals surface area contributed by atoms with Gasteiger partial charge in [0.25, 0.3) is 0 Å². The highest BCUT2D eigenvalue weighted by atomic mass is 35.5. The summed E-state index contributed by atoms with van der Waals surface area (Å²) in [6.45, 7) is 1.85. The lowest BCUT2D eigenvalue weighted by Gasteiger charge is -2.12. The molecule has 0 saturated heterocycles. The summed E-state index contributed by atoms with van der Waals surface area (Å²) in [4.78, 5) is 11.1. The molecule has 0 aliphatic heterocycles. The van der Waals surface area contributed by atoms with Crippen molar-refractivity contribution >= 4 is 28.9 Å². The fraction of sp³-hybridized carbons (Fsp3) is 0.133. The lowest BCUT2D eigenvalue weighted by molar-refractivity contribution is -0.114. The molecule has 0 aliphatic rings. The predicted octanol–water partition coefficient (Wildman–Crippen LogP) is 4.05. The largest absolute Gasteiger partial charge is 0.379 e. The van der Waals surface area contributed by atoms with Crippen LogP contribution in [0.3, 0.4) is 0 Å². The molecule has 2 rings (SSSR count). The number of hydrogen-bond acceptors (Lipinski definition) is 2. The molecule has 0 aliphatic carbocycles. The van der Waals surface area contributed by atoms with Crippen molar-refractivity contribution in [1.29, 1.82) is 0 Å². The van der Waals surface area contributed by atoms with Gasteiger partial charge in [-0.2, -0.15) is 0 Å². The minimum Gasteiger partial charge on any atom is -0.379 e. The maximum absolute atomic E-state index is 13.6. The van der Waals surface area contributed by atoms with Crippen molar-refractivity contribution in [2.24, 2.45) is 0 Å². The van der Waals surface area contributed by atoms with E-state index in [1.165, 1.54) is 13.0 Å². The Morgan fingerprint density at radius 3 is 2.65 bits per heavy atom. The van der Waals surface area contributed by atoms with Gasteiger partial charge < -0.3 is 10.6 Å². The third-order valence-electron chi connectivity index (χ3n) is 2.73. The Balaban J connectivity index is 2.12. The highest BCUT2D eigenvalue weighted by molar-refractivity contribution is 6.30. The van der Waals surface area contributed by atoms with Crippen molar-refractivity contribution in [1.82, 2.24) is 0 Å². The van der Waals surface area contributed by atoms with E-state index in [0.717, 1.165) is 5.56 Å². The third-order valence-corrected chi connectivity index (χ3v) is 2.96. The van der Waals surface area contributed by atoms with E-state index in [1.807, 2.05) is 18.2 Å². The molecule has 0 bridgehead atoms. The Bertz CT molecular complexity index is 631. The number of para-hydroxylation sites is 1. The Hall–Kier alpha value is -2.07. The maximum atomic E-state index is 13.6. The van der Waals surface area contributed by atoms with E-state index in [0.29, 0.717) is 22.9 Å². The summed E-state index contributed by atoms with van der Waals surface area (Å²) < 4.78 is 13.6. The molecule has 3 nitrogen and oxygen atoms in total. The number of carbonyl (C=O) groups is 1. The fourth-order valence-electron chi connectivity index (χ4n) is 1.81. The standard InChI is InChI=1S/C15H14ClFN2O/c1-10(20)19-14-5-3-2-4-11(14)9-18-15-7-6-12(16)8-13(15)17/h2-8,18H,9H2,1H3,(H,19,20). The zero-order valence-electron chi connectivity index (χ0n) is 10.9. The molecule has 2 N–H and O–H groups in total. The summed E-state index contributed by atoms with van der Waals surface area (Å²) in [5.74, 6) is -0.551. The van der Waals surface area contributed by atoms with Crippen molar-refractivity contribution in [2.45, 2.75) is 13.5 Å². The molecular formula is C15H14ClFN2O. The third kappa shape index (κ3) is 3.71. The van der Waals surface area contributed by atoms with Gasteiger partial charge >= 0.3 is 0 Å². The van der Waals surface area contributed by atoms with Gasteiger partial charge in [0.1, 0.15) is 5.82 Å². The van der Waals surface area contributed by atoms with Gasteiger partial charge in [-0.1, -0.05) is 29.8 Å². The zero-order chi connectivity index (χ0) is 14.5. The van der Waals surface area contributed by atoms with E-state index in [2.05, 4.69) is 10.6 Å². The molecule has 0 aromatic heterocycles. The number of hydrogen-bond donors (Lipinski definition) is 2. The average molecular weight is 293 g/mol. The molecule has 0 atom stereocenters. The zero-order valence-corrected chi connectivity index (χ0v) is 11.7. The first-order valence-electron chi connectivity index (χ1n) is 6.10. The summed E-state index contributed by atoms with van der Waals surface area (Å²) in [5, 5.41) is 6.08. The topological polar surface area (TPSA) is 41.1 Å². The number of amides is 1. The molecule has 20 heavy (non-hydrogen) atoms. The van der Waals surface area contributed by atoms with Crippen molar-refractivity contribution in [3.05, 3.63) is 58.9 Å². The van der Waals surface area contributed by atoms with E-state index in [4.69, 9.17) is 11.6 Å². The van der Waals surface area contributed by atoms with E-state index in [9.17, 15) is 9.18 Å². The van der Waals surface area contributed by atoms with Gasteiger partial charge in [-0.05, 0) is 29.8 Å². The van der Waals surface area contributed by atoms with Crippen LogP contribution in [0.15, 0.2) is 42.5 Å². The summed E-state index contributed by atoms with van der Waals surface area (Å²) >= 11 is 5.70. The molecule has 2 aromatic rings. The van der Waals surface area contributed by atoms with Crippen molar-refractivity contribution in [3.63, 3.8) is 0 Å². The first-order chi connectivity index (χ1) is 9.56. The number of benzene rings is 2. The first-order valence-corrected chi connectivity index (χ1v) is 6.48. The molecule has 1 amide bonds. The lowest BCUT2D eigenvalue weighted by atomic mass is 10.1. The van der Waals surface area contributed by atoms with Gasteiger partial charge in [-0.25, -0.2) is 4.39 Å². The second kappa shape index (κ2) is 6.39. The van der Waals surface area contributed by atoms with Crippen LogP contribution in [0.5, 0.6) is 0 Å². The van der Waals surface area contributed by atoms with Crippen LogP contribution in [0.2, 0.25) is 5.02 Å². The monoisotopic (exact) mass is 292 g/mol. The number of halogens is 2.